The maximum atomic E-state index is 13.7. The highest BCUT2D eigenvalue weighted by Gasteiger charge is 2.56. The smallest absolute Gasteiger partial charge is 0.338 e. The molecule has 1 N–H and O–H groups in total. The molecule has 174 valence electrons. The van der Waals surface area contributed by atoms with Gasteiger partial charge in [-0.3, -0.25) is 9.59 Å². The number of ether oxygens (including phenoxy) is 2. The maximum absolute atomic E-state index is 13.7. The number of methoxy groups -OCH3 is 1. The van der Waals surface area contributed by atoms with Gasteiger partial charge in [0.05, 0.1) is 35.9 Å². The van der Waals surface area contributed by atoms with Crippen LogP contribution in [0.5, 0.6) is 5.75 Å². The topological polar surface area (TPSA) is 88.7 Å². The number of anilines is 1. The van der Waals surface area contributed by atoms with Crippen LogP contribution in [0.15, 0.2) is 53.6 Å². The van der Waals surface area contributed by atoms with Crippen molar-refractivity contribution in [1.29, 1.82) is 0 Å². The fraction of sp³-hybridized carbons (Fsp3) is 0.250. The summed E-state index contributed by atoms with van der Waals surface area (Å²) in [7, 11) is 1.60. The van der Waals surface area contributed by atoms with Crippen LogP contribution in [-0.2, 0) is 14.3 Å². The van der Waals surface area contributed by atoms with E-state index in [0.717, 1.165) is 15.5 Å². The number of imide groups is 1. The third kappa shape index (κ3) is 3.75. The lowest BCUT2D eigenvalue weighted by Gasteiger charge is -2.30. The van der Waals surface area contributed by atoms with Crippen LogP contribution in [0, 0.1) is 9.87 Å². The van der Waals surface area contributed by atoms with Gasteiger partial charge in [0.15, 0.2) is 3.95 Å². The minimum atomic E-state index is -0.586. The molecule has 2 aliphatic rings. The molecule has 2 aliphatic heterocycles. The fourth-order valence-electron chi connectivity index (χ4n) is 4.40. The zero-order valence-electron chi connectivity index (χ0n) is 18.3. The van der Waals surface area contributed by atoms with Crippen molar-refractivity contribution in [1.82, 2.24) is 4.98 Å². The second-order valence-corrected chi connectivity index (χ2v) is 10.7. The number of fused-ring (bicyclic) bond motifs is 2. The Morgan fingerprint density at radius 2 is 1.79 bits per heavy atom. The van der Waals surface area contributed by atoms with Gasteiger partial charge in [0.1, 0.15) is 11.0 Å². The fourth-order valence-corrected chi connectivity index (χ4v) is 7.36. The van der Waals surface area contributed by atoms with Crippen LogP contribution in [0.1, 0.15) is 33.6 Å². The van der Waals surface area contributed by atoms with Gasteiger partial charge in [-0.2, -0.15) is 0 Å². The number of thioether (sulfide) groups is 1. The van der Waals surface area contributed by atoms with E-state index in [1.54, 1.807) is 38.3 Å². The zero-order valence-corrected chi connectivity index (χ0v) is 20.7. The Balaban J connectivity index is 1.54. The minimum Gasteiger partial charge on any atom is -0.497 e. The Labute approximate surface area is 209 Å². The molecule has 1 aromatic heterocycles. The number of nitrogens with zero attached hydrogens (tertiary/aromatic N) is 1. The quantitative estimate of drug-likeness (QED) is 0.299. The Morgan fingerprint density at radius 1 is 1.09 bits per heavy atom. The van der Waals surface area contributed by atoms with E-state index < -0.39 is 17.1 Å². The number of carbonyl (C=O) groups excluding carboxylic acids is 3. The van der Waals surface area contributed by atoms with Crippen molar-refractivity contribution in [2.24, 2.45) is 5.92 Å². The van der Waals surface area contributed by atoms with E-state index in [0.29, 0.717) is 21.0 Å². The second-order valence-electron chi connectivity index (χ2n) is 7.80. The van der Waals surface area contributed by atoms with Gasteiger partial charge in [-0.05, 0) is 61.1 Å². The van der Waals surface area contributed by atoms with Gasteiger partial charge >= 0.3 is 5.97 Å². The Morgan fingerprint density at radius 3 is 2.44 bits per heavy atom. The SMILES string of the molecule is CCOC(=O)c1ccc(N2C(=O)[C@@H]3[C@H](c4ccc(OC)cc4)c4sc(=S)[nH]c4S[C@H]3C2=O)cc1. The summed E-state index contributed by atoms with van der Waals surface area (Å²) in [6, 6.07) is 13.9. The van der Waals surface area contributed by atoms with E-state index in [4.69, 9.17) is 21.7 Å². The number of nitrogens with one attached hydrogen (secondary N) is 1. The van der Waals surface area contributed by atoms with E-state index in [-0.39, 0.29) is 24.3 Å². The van der Waals surface area contributed by atoms with Crippen LogP contribution in [0.2, 0.25) is 0 Å². The number of carbonyl (C=O) groups is 3. The Bertz CT molecular complexity index is 1330. The number of aromatic nitrogens is 1. The molecule has 0 aliphatic carbocycles. The molecule has 0 unspecified atom stereocenters. The lowest BCUT2D eigenvalue weighted by molar-refractivity contribution is -0.122. The average molecular weight is 513 g/mol. The highest BCUT2D eigenvalue weighted by atomic mass is 32.2. The number of amides is 2. The van der Waals surface area contributed by atoms with Crippen molar-refractivity contribution >= 4 is 58.8 Å². The molecule has 3 heterocycles. The van der Waals surface area contributed by atoms with Gasteiger partial charge in [-0.1, -0.05) is 23.9 Å². The third-order valence-corrected chi connectivity index (χ3v) is 8.69. The van der Waals surface area contributed by atoms with Crippen molar-refractivity contribution in [3.05, 3.63) is 68.5 Å². The normalized spacial score (nSPS) is 21.2. The second kappa shape index (κ2) is 9.01. The van der Waals surface area contributed by atoms with Gasteiger partial charge in [0.2, 0.25) is 11.8 Å². The van der Waals surface area contributed by atoms with E-state index in [1.807, 2.05) is 24.3 Å². The molecule has 2 aromatic carbocycles. The molecule has 0 saturated carbocycles. The number of aromatic amines is 1. The zero-order chi connectivity index (χ0) is 24.0. The van der Waals surface area contributed by atoms with E-state index >= 15 is 0 Å². The van der Waals surface area contributed by atoms with Gasteiger partial charge in [0, 0.05) is 10.8 Å². The highest BCUT2D eigenvalue weighted by Crippen LogP contribution is 2.54. The van der Waals surface area contributed by atoms with E-state index in [2.05, 4.69) is 4.98 Å². The van der Waals surface area contributed by atoms with E-state index in [1.165, 1.54) is 28.0 Å². The van der Waals surface area contributed by atoms with Crippen LogP contribution < -0.4 is 9.64 Å². The number of thiazole rings is 1. The lowest BCUT2D eigenvalue weighted by Crippen LogP contribution is -2.32. The summed E-state index contributed by atoms with van der Waals surface area (Å²) < 4.78 is 10.9. The maximum Gasteiger partial charge on any atom is 0.338 e. The predicted molar refractivity (Wildman–Crippen MR) is 132 cm³/mol. The average Bonchev–Trinajstić information content (AvgIpc) is 3.34. The van der Waals surface area contributed by atoms with Crippen molar-refractivity contribution in [2.75, 3.05) is 18.6 Å². The van der Waals surface area contributed by atoms with Crippen molar-refractivity contribution in [2.45, 2.75) is 23.1 Å². The molecule has 3 atom stereocenters. The first-order valence-corrected chi connectivity index (χ1v) is 12.7. The Kier molecular flexibility index (Phi) is 6.05. The molecule has 0 spiro atoms. The van der Waals surface area contributed by atoms with Gasteiger partial charge in [-0.15, -0.1) is 11.3 Å². The van der Waals surface area contributed by atoms with Gasteiger partial charge in [-0.25, -0.2) is 9.69 Å². The van der Waals surface area contributed by atoms with Crippen molar-refractivity contribution in [3.8, 4) is 5.75 Å². The third-order valence-electron chi connectivity index (χ3n) is 5.94. The summed E-state index contributed by atoms with van der Waals surface area (Å²) in [5, 5.41) is 0.245. The van der Waals surface area contributed by atoms with E-state index in [9.17, 15) is 14.4 Å². The molecule has 0 radical (unpaired) electrons. The number of hydrogen-bond acceptors (Lipinski definition) is 8. The molecule has 5 rings (SSSR count). The molecule has 1 saturated heterocycles. The molecule has 2 amide bonds. The van der Waals surface area contributed by atoms with Crippen LogP contribution in [-0.4, -0.2) is 41.7 Å². The number of esters is 1. The van der Waals surface area contributed by atoms with Crippen LogP contribution in [0.3, 0.4) is 0 Å². The highest BCUT2D eigenvalue weighted by molar-refractivity contribution is 8.01. The lowest BCUT2D eigenvalue weighted by atomic mass is 9.83. The van der Waals surface area contributed by atoms with Crippen LogP contribution >= 0.6 is 35.3 Å². The van der Waals surface area contributed by atoms with Crippen molar-refractivity contribution < 1.29 is 23.9 Å². The summed E-state index contributed by atoms with van der Waals surface area (Å²) in [5.74, 6) is -1.17. The number of benzene rings is 2. The minimum absolute atomic E-state index is 0.267. The molecule has 34 heavy (non-hydrogen) atoms. The predicted octanol–water partition coefficient (Wildman–Crippen LogP) is 4.79. The largest absolute Gasteiger partial charge is 0.497 e. The first-order valence-electron chi connectivity index (χ1n) is 10.6. The molecular weight excluding hydrogens is 492 g/mol. The first-order chi connectivity index (χ1) is 16.4. The summed E-state index contributed by atoms with van der Waals surface area (Å²) >= 11 is 8.17. The summed E-state index contributed by atoms with van der Waals surface area (Å²) in [6.45, 7) is 2.00. The first kappa shape index (κ1) is 22.8. The molecule has 1 fully saturated rings. The molecule has 0 bridgehead atoms. The summed E-state index contributed by atoms with van der Waals surface area (Å²) in [4.78, 5) is 44.6. The monoisotopic (exact) mass is 512 g/mol. The molecule has 3 aromatic rings. The van der Waals surface area contributed by atoms with Crippen LogP contribution in [0.4, 0.5) is 5.69 Å². The molecule has 10 heteroatoms. The molecular formula is C24H20N2O5S3. The number of hydrogen-bond donors (Lipinski definition) is 1. The number of rotatable bonds is 5. The standard InChI is InChI=1S/C24H20N2O5S3/c1-3-31-23(29)13-4-8-14(9-5-13)26-21(27)17-16(12-6-10-15(30-2)11-7-12)18-20(25-24(32)34-18)33-19(17)22(26)28/h4-11,16-17,19H,3H2,1-2H3,(H,25,32)/t16-,17+,19+/m0/s1. The summed E-state index contributed by atoms with van der Waals surface area (Å²) in [6.07, 6.45) is 0. The number of H-pyrrole nitrogens is 1. The van der Waals surface area contributed by atoms with Crippen LogP contribution in [0.25, 0.3) is 0 Å². The Hall–Kier alpha value is -2.95. The van der Waals surface area contributed by atoms with Crippen molar-refractivity contribution in [3.63, 3.8) is 0 Å². The van der Waals surface area contributed by atoms with Gasteiger partial charge < -0.3 is 14.5 Å². The molecule has 7 nitrogen and oxygen atoms in total. The summed E-state index contributed by atoms with van der Waals surface area (Å²) in [5.41, 5.74) is 1.72. The van der Waals surface area contributed by atoms with Gasteiger partial charge in [0.25, 0.3) is 0 Å².